The fourth-order valence-corrected chi connectivity index (χ4v) is 2.43. The molecule has 1 rings (SSSR count). The highest BCUT2D eigenvalue weighted by atomic mass is 35.5. The van der Waals surface area contributed by atoms with Crippen LogP contribution in [0.5, 0.6) is 0 Å². The summed E-state index contributed by atoms with van der Waals surface area (Å²) in [7, 11) is -3.01. The summed E-state index contributed by atoms with van der Waals surface area (Å²) in [6.07, 6.45) is 3.40. The number of carbonyl (C=O) groups excluding carboxylic acids is 1. The van der Waals surface area contributed by atoms with Gasteiger partial charge in [-0.3, -0.25) is 9.78 Å². The number of rotatable bonds is 6. The van der Waals surface area contributed by atoms with E-state index in [2.05, 4.69) is 4.98 Å². The van der Waals surface area contributed by atoms with Crippen molar-refractivity contribution in [2.75, 3.05) is 11.5 Å². The van der Waals surface area contributed by atoms with Crippen LogP contribution in [0.2, 0.25) is 5.02 Å². The molecule has 1 aromatic rings. The lowest BCUT2D eigenvalue weighted by atomic mass is 10.1. The number of Topliss-reactive ketones (excluding diaryl/α,β-unsaturated/α-hetero) is 1. The van der Waals surface area contributed by atoms with E-state index in [-0.39, 0.29) is 23.7 Å². The van der Waals surface area contributed by atoms with Gasteiger partial charge in [0.1, 0.15) is 9.84 Å². The number of carbonyl (C=O) groups is 1. The molecule has 0 atom stereocenters. The standard InChI is InChI=1S/C11H14ClNO3S/c1-2-17(15,16)7-3-4-11(14)9-5-6-13-8-10(9)12/h5-6,8H,2-4,7H2,1H3. The number of sulfone groups is 1. The molecular formula is C11H14ClNO3S. The summed E-state index contributed by atoms with van der Waals surface area (Å²) in [4.78, 5) is 15.5. The van der Waals surface area contributed by atoms with Gasteiger partial charge in [-0.2, -0.15) is 0 Å². The van der Waals surface area contributed by atoms with Crippen LogP contribution in [0.3, 0.4) is 0 Å². The van der Waals surface area contributed by atoms with Crippen LogP contribution in [0.25, 0.3) is 0 Å². The largest absolute Gasteiger partial charge is 0.294 e. The van der Waals surface area contributed by atoms with Crippen molar-refractivity contribution in [2.24, 2.45) is 0 Å². The first-order chi connectivity index (χ1) is 7.96. The number of nitrogens with zero attached hydrogens (tertiary/aromatic N) is 1. The van der Waals surface area contributed by atoms with Gasteiger partial charge in [0, 0.05) is 30.1 Å². The van der Waals surface area contributed by atoms with Crippen LogP contribution < -0.4 is 0 Å². The highest BCUT2D eigenvalue weighted by Gasteiger charge is 2.12. The maximum absolute atomic E-state index is 11.7. The van der Waals surface area contributed by atoms with E-state index >= 15 is 0 Å². The molecule has 17 heavy (non-hydrogen) atoms. The van der Waals surface area contributed by atoms with Gasteiger partial charge in [0.05, 0.1) is 10.8 Å². The van der Waals surface area contributed by atoms with E-state index in [0.717, 1.165) is 0 Å². The molecule has 0 aliphatic heterocycles. The molecule has 0 N–H and O–H groups in total. The lowest BCUT2D eigenvalue weighted by molar-refractivity contribution is 0.0982. The maximum atomic E-state index is 11.7. The highest BCUT2D eigenvalue weighted by Crippen LogP contribution is 2.16. The van der Waals surface area contributed by atoms with Gasteiger partial charge in [-0.25, -0.2) is 8.42 Å². The van der Waals surface area contributed by atoms with Crippen molar-refractivity contribution in [3.63, 3.8) is 0 Å². The van der Waals surface area contributed by atoms with Gasteiger partial charge in [-0.1, -0.05) is 18.5 Å². The molecule has 6 heteroatoms. The molecule has 94 valence electrons. The quantitative estimate of drug-likeness (QED) is 0.746. The number of hydrogen-bond acceptors (Lipinski definition) is 4. The molecule has 0 spiro atoms. The van der Waals surface area contributed by atoms with Crippen LogP contribution in [0.1, 0.15) is 30.1 Å². The molecule has 1 heterocycles. The van der Waals surface area contributed by atoms with Gasteiger partial charge in [-0.15, -0.1) is 0 Å². The topological polar surface area (TPSA) is 64.1 Å². The van der Waals surface area contributed by atoms with E-state index in [1.54, 1.807) is 13.0 Å². The second-order valence-corrected chi connectivity index (χ2v) is 6.50. The third-order valence-electron chi connectivity index (χ3n) is 2.37. The molecule has 0 saturated carbocycles. The van der Waals surface area contributed by atoms with Crippen molar-refractivity contribution in [3.8, 4) is 0 Å². The van der Waals surface area contributed by atoms with Crippen molar-refractivity contribution in [1.82, 2.24) is 4.98 Å². The monoisotopic (exact) mass is 275 g/mol. The van der Waals surface area contributed by atoms with E-state index in [4.69, 9.17) is 11.6 Å². The molecule has 0 aliphatic rings. The molecule has 0 bridgehead atoms. The van der Waals surface area contributed by atoms with Gasteiger partial charge in [0.15, 0.2) is 5.78 Å². The van der Waals surface area contributed by atoms with Crippen LogP contribution in [-0.2, 0) is 9.84 Å². The molecule has 0 aliphatic carbocycles. The Morgan fingerprint density at radius 2 is 2.18 bits per heavy atom. The summed E-state index contributed by atoms with van der Waals surface area (Å²) >= 11 is 5.81. The molecule has 1 aromatic heterocycles. The fraction of sp³-hybridized carbons (Fsp3) is 0.455. The number of pyridine rings is 1. The predicted octanol–water partition coefficient (Wildman–Crippen LogP) is 2.13. The van der Waals surface area contributed by atoms with E-state index in [1.807, 2.05) is 0 Å². The number of aromatic nitrogens is 1. The van der Waals surface area contributed by atoms with Crippen molar-refractivity contribution in [3.05, 3.63) is 29.0 Å². The van der Waals surface area contributed by atoms with Gasteiger partial charge >= 0.3 is 0 Å². The van der Waals surface area contributed by atoms with Gasteiger partial charge in [0.25, 0.3) is 0 Å². The van der Waals surface area contributed by atoms with E-state index in [0.29, 0.717) is 17.0 Å². The first-order valence-electron chi connectivity index (χ1n) is 5.29. The normalized spacial score (nSPS) is 11.4. The Labute approximate surface area is 106 Å². The SMILES string of the molecule is CCS(=O)(=O)CCCC(=O)c1ccncc1Cl. The van der Waals surface area contributed by atoms with Crippen molar-refractivity contribution in [1.29, 1.82) is 0 Å². The average Bonchev–Trinajstić information content (AvgIpc) is 2.29. The first-order valence-corrected chi connectivity index (χ1v) is 7.49. The molecule has 0 unspecified atom stereocenters. The van der Waals surface area contributed by atoms with Gasteiger partial charge in [-0.05, 0) is 12.5 Å². The Balaban J connectivity index is 2.55. The lowest BCUT2D eigenvalue weighted by Crippen LogP contribution is -2.10. The molecule has 0 radical (unpaired) electrons. The Morgan fingerprint density at radius 1 is 1.47 bits per heavy atom. The average molecular weight is 276 g/mol. The van der Waals surface area contributed by atoms with Crippen LogP contribution >= 0.6 is 11.6 Å². The van der Waals surface area contributed by atoms with Crippen LogP contribution in [0, 0.1) is 0 Å². The zero-order valence-electron chi connectivity index (χ0n) is 9.52. The molecular weight excluding hydrogens is 262 g/mol. The van der Waals surface area contributed by atoms with Gasteiger partial charge in [0.2, 0.25) is 0 Å². The Kier molecular flexibility index (Phi) is 5.08. The first kappa shape index (κ1) is 14.1. The fourth-order valence-electron chi connectivity index (χ4n) is 1.33. The van der Waals surface area contributed by atoms with Crippen molar-refractivity contribution >= 4 is 27.2 Å². The van der Waals surface area contributed by atoms with Crippen LogP contribution in [0.15, 0.2) is 18.5 Å². The Hall–Kier alpha value is -0.940. The predicted molar refractivity (Wildman–Crippen MR) is 67.1 cm³/mol. The number of ketones is 1. The van der Waals surface area contributed by atoms with Crippen molar-refractivity contribution < 1.29 is 13.2 Å². The zero-order valence-corrected chi connectivity index (χ0v) is 11.1. The lowest BCUT2D eigenvalue weighted by Gasteiger charge is -2.03. The third kappa shape index (κ3) is 4.44. The second-order valence-electron chi connectivity index (χ2n) is 3.62. The summed E-state index contributed by atoms with van der Waals surface area (Å²) in [5.41, 5.74) is 0.399. The smallest absolute Gasteiger partial charge is 0.164 e. The zero-order chi connectivity index (χ0) is 12.9. The third-order valence-corrected chi connectivity index (χ3v) is 4.46. The van der Waals surface area contributed by atoms with Crippen LogP contribution in [-0.4, -0.2) is 30.7 Å². The van der Waals surface area contributed by atoms with Crippen molar-refractivity contribution in [2.45, 2.75) is 19.8 Å². The maximum Gasteiger partial charge on any atom is 0.164 e. The van der Waals surface area contributed by atoms with Gasteiger partial charge < -0.3 is 0 Å². The summed E-state index contributed by atoms with van der Waals surface area (Å²) < 4.78 is 22.5. The minimum absolute atomic E-state index is 0.0396. The van der Waals surface area contributed by atoms with Crippen LogP contribution in [0.4, 0.5) is 0 Å². The number of hydrogen-bond donors (Lipinski definition) is 0. The molecule has 0 aromatic carbocycles. The Bertz CT molecular complexity index is 499. The Morgan fingerprint density at radius 3 is 2.76 bits per heavy atom. The molecule has 0 saturated heterocycles. The van der Waals surface area contributed by atoms with E-state index < -0.39 is 9.84 Å². The summed E-state index contributed by atoms with van der Waals surface area (Å²) in [5.74, 6) is -0.00139. The minimum Gasteiger partial charge on any atom is -0.294 e. The molecule has 0 amide bonds. The second kappa shape index (κ2) is 6.12. The van der Waals surface area contributed by atoms with E-state index in [9.17, 15) is 13.2 Å². The molecule has 0 fully saturated rings. The minimum atomic E-state index is -3.01. The molecule has 4 nitrogen and oxygen atoms in total. The summed E-state index contributed by atoms with van der Waals surface area (Å²) in [6.45, 7) is 1.59. The summed E-state index contributed by atoms with van der Waals surface area (Å²) in [5, 5.41) is 0.302. The highest BCUT2D eigenvalue weighted by molar-refractivity contribution is 7.91. The van der Waals surface area contributed by atoms with E-state index in [1.165, 1.54) is 12.4 Å². The summed E-state index contributed by atoms with van der Waals surface area (Å²) in [6, 6.07) is 1.54. The number of halogens is 1.